The standard InChI is InChI=1S/C21H39P2.C19H17P.C11H9OP.C5H5.Fe/c1-18(2,3)22(19(4,5)6)16-14-13-15-17(16)23(20(7,8)9)21(10,11)12;1-4-10-17(11-5-1)16-20(18-12-6-2-7-13-18)19-14-8-3-9-15-19;12-11(13)10-7-3-5-8-4-1-2-6-9(8)10;1-2-4-5-3-1;/h13-15H,1-12H3;1-15H,16H2;1-7H,13H2;1-5H;/q-1;;;-5;. The van der Waals surface area contributed by atoms with Crippen LogP contribution >= 0.6 is 33.0 Å². The van der Waals surface area contributed by atoms with Crippen molar-refractivity contribution in [3.05, 3.63) is 193 Å². The molecule has 0 aliphatic heterocycles. The Morgan fingerprint density at radius 2 is 0.935 bits per heavy atom. The zero-order valence-corrected chi connectivity index (χ0v) is 44.2. The number of carbonyl (C=O) groups excluding carboxylic acids is 1. The summed E-state index contributed by atoms with van der Waals surface area (Å²) in [5, 5.41) is 9.64. The van der Waals surface area contributed by atoms with Gasteiger partial charge in [0.25, 0.3) is 0 Å². The smallest absolute Gasteiger partial charge is 0.178 e. The van der Waals surface area contributed by atoms with E-state index in [1.54, 1.807) is 10.6 Å². The molecule has 0 N–H and O–H groups in total. The van der Waals surface area contributed by atoms with Gasteiger partial charge >= 0.3 is 0 Å². The molecule has 0 aliphatic carbocycles. The summed E-state index contributed by atoms with van der Waals surface area (Å²) in [4.78, 5) is 11.2. The van der Waals surface area contributed by atoms with Gasteiger partial charge in [0.1, 0.15) is 0 Å². The topological polar surface area (TPSA) is 17.1 Å². The zero-order valence-electron chi connectivity index (χ0n) is 39.2. The molecule has 0 spiro atoms. The van der Waals surface area contributed by atoms with Gasteiger partial charge in [0.15, 0.2) is 5.52 Å². The predicted octanol–water partition coefficient (Wildman–Crippen LogP) is 15.4. The molecule has 0 amide bonds. The number of benzene rings is 5. The van der Waals surface area contributed by atoms with E-state index in [0.717, 1.165) is 22.5 Å². The molecule has 1 nitrogen and oxygen atoms in total. The van der Waals surface area contributed by atoms with Crippen molar-refractivity contribution in [3.63, 3.8) is 0 Å². The van der Waals surface area contributed by atoms with E-state index in [9.17, 15) is 4.79 Å². The maximum absolute atomic E-state index is 11.2. The van der Waals surface area contributed by atoms with Crippen molar-refractivity contribution in [2.24, 2.45) is 0 Å². The maximum Gasteiger partial charge on any atom is 0.178 e. The van der Waals surface area contributed by atoms with Gasteiger partial charge < -0.3 is 30.3 Å². The zero-order chi connectivity index (χ0) is 44.8. The summed E-state index contributed by atoms with van der Waals surface area (Å²) in [5.74, 6) is 0. The van der Waals surface area contributed by atoms with Crippen LogP contribution in [0.15, 0.2) is 182 Å². The van der Waals surface area contributed by atoms with E-state index in [1.165, 1.54) is 16.2 Å². The fourth-order valence-corrected chi connectivity index (χ4v) is 19.5. The first-order valence-corrected chi connectivity index (χ1v) is 26.2. The van der Waals surface area contributed by atoms with Gasteiger partial charge in [0.2, 0.25) is 0 Å². The second kappa shape index (κ2) is 24.3. The molecule has 334 valence electrons. The molecule has 7 rings (SSSR count). The van der Waals surface area contributed by atoms with Crippen LogP contribution in [0.25, 0.3) is 10.8 Å². The van der Waals surface area contributed by atoms with Crippen molar-refractivity contribution in [2.75, 3.05) is 0 Å². The van der Waals surface area contributed by atoms with Gasteiger partial charge in [-0.1, -0.05) is 234 Å². The normalized spacial score (nSPS) is 11.7. The number of rotatable bonds is 7. The van der Waals surface area contributed by atoms with Crippen LogP contribution in [0, 0.1) is 0 Å². The Morgan fingerprint density at radius 1 is 0.516 bits per heavy atom. The summed E-state index contributed by atoms with van der Waals surface area (Å²) in [6, 6.07) is 63.3. The number of fused-ring (bicyclic) bond motifs is 1. The summed E-state index contributed by atoms with van der Waals surface area (Å²) in [6.07, 6.45) is 1.10. The van der Waals surface area contributed by atoms with Crippen molar-refractivity contribution in [1.82, 2.24) is 0 Å². The van der Waals surface area contributed by atoms with Gasteiger partial charge in [0.05, 0.1) is 0 Å². The molecular weight excluding hydrogens is 868 g/mol. The van der Waals surface area contributed by atoms with Gasteiger partial charge in [-0.25, -0.2) is 12.1 Å². The molecule has 6 heteroatoms. The summed E-state index contributed by atoms with van der Waals surface area (Å²) >= 11 is 0. The van der Waals surface area contributed by atoms with Crippen LogP contribution in [0.5, 0.6) is 0 Å². The molecule has 0 fully saturated rings. The van der Waals surface area contributed by atoms with Gasteiger partial charge in [0, 0.05) is 28.8 Å². The molecule has 7 aromatic carbocycles. The van der Waals surface area contributed by atoms with Crippen LogP contribution in [0.1, 0.15) is 99.0 Å². The fraction of sp³-hybridized carbons (Fsp3) is 0.304. The quantitative estimate of drug-likeness (QED) is 0.0884. The minimum absolute atomic E-state index is 0. The molecule has 7 aromatic rings. The number of carbonyl (C=O) groups is 1. The first-order chi connectivity index (χ1) is 28.7. The van der Waals surface area contributed by atoms with Crippen molar-refractivity contribution in [3.8, 4) is 0 Å². The third-order valence-electron chi connectivity index (χ3n) is 9.87. The van der Waals surface area contributed by atoms with E-state index in [1.807, 2.05) is 72.8 Å². The van der Waals surface area contributed by atoms with Crippen molar-refractivity contribution < 1.29 is 21.9 Å². The molecule has 0 bridgehead atoms. The average Bonchev–Trinajstić information content (AvgIpc) is 3.93. The van der Waals surface area contributed by atoms with Crippen LogP contribution in [-0.4, -0.2) is 26.1 Å². The van der Waals surface area contributed by atoms with E-state index >= 15 is 0 Å². The van der Waals surface area contributed by atoms with Crippen LogP contribution in [0.4, 0.5) is 0 Å². The van der Waals surface area contributed by atoms with Crippen molar-refractivity contribution >= 4 is 70.5 Å². The summed E-state index contributed by atoms with van der Waals surface area (Å²) < 4.78 is 0. The molecule has 62 heavy (non-hydrogen) atoms. The predicted molar refractivity (Wildman–Crippen MR) is 283 cm³/mol. The van der Waals surface area contributed by atoms with Crippen molar-refractivity contribution in [2.45, 2.75) is 110 Å². The van der Waals surface area contributed by atoms with Crippen LogP contribution in [-0.2, 0) is 23.2 Å². The molecule has 0 saturated heterocycles. The first kappa shape index (κ1) is 53.3. The van der Waals surface area contributed by atoms with Crippen LogP contribution in [0.3, 0.4) is 0 Å². The SMILES string of the molecule is CC(C)(C)P(c1ccc[c-]1P(C(C)(C)C)C(C)(C)C)C(C)(C)C.O=C(P)c1cccc2ccccc12.[Fe].[cH-]1[cH-][cH-][cH-][cH-]1.c1ccc(CP(c2ccccc2)c2ccccc2)cc1. The molecule has 0 radical (unpaired) electrons. The first-order valence-electron chi connectivity index (χ1n) is 21.4. The molecule has 1 atom stereocenters. The maximum atomic E-state index is 11.2. The second-order valence-corrected chi connectivity index (χ2v) is 29.6. The van der Waals surface area contributed by atoms with Crippen LogP contribution < -0.4 is 21.2 Å². The summed E-state index contributed by atoms with van der Waals surface area (Å²) in [6.45, 7) is 29.1. The Balaban J connectivity index is 0.000000238. The fourth-order valence-electron chi connectivity index (χ4n) is 8.31. The Labute approximate surface area is 393 Å². The third-order valence-corrected chi connectivity index (χ3v) is 20.0. The second-order valence-electron chi connectivity index (χ2n) is 19.2. The Kier molecular flexibility index (Phi) is 20.9. The molecule has 0 aliphatic rings. The number of hydrogen-bond donors (Lipinski definition) is 0. The van der Waals surface area contributed by atoms with E-state index in [2.05, 4.69) is 202 Å². The Morgan fingerprint density at radius 3 is 1.37 bits per heavy atom. The monoisotopic (exact) mass is 938 g/mol. The van der Waals surface area contributed by atoms with Gasteiger partial charge in [-0.05, 0) is 55.5 Å². The van der Waals surface area contributed by atoms with Gasteiger partial charge in [-0.3, -0.25) is 4.79 Å². The minimum atomic E-state index is -0.327. The third kappa shape index (κ3) is 16.2. The molecule has 0 saturated carbocycles. The van der Waals surface area contributed by atoms with Gasteiger partial charge in [-0.15, -0.1) is 18.5 Å². The van der Waals surface area contributed by atoms with E-state index < -0.39 is 0 Å². The van der Waals surface area contributed by atoms with Crippen LogP contribution in [0.2, 0.25) is 0 Å². The molecule has 1 unspecified atom stereocenters. The van der Waals surface area contributed by atoms with Gasteiger partial charge in [-0.2, -0.15) is 6.07 Å². The molecule has 0 aromatic heterocycles. The van der Waals surface area contributed by atoms with Crippen molar-refractivity contribution in [1.29, 1.82) is 0 Å². The minimum Gasteiger partial charge on any atom is -0.748 e. The molecular formula is C56H70FeOP4-6. The van der Waals surface area contributed by atoms with E-state index in [4.69, 9.17) is 0 Å². The summed E-state index contributed by atoms with van der Waals surface area (Å²) in [7, 11) is 1.41. The Bertz CT molecular complexity index is 2170. The summed E-state index contributed by atoms with van der Waals surface area (Å²) in [5.41, 5.74) is 2.21. The molecule has 0 heterocycles. The largest absolute Gasteiger partial charge is 0.748 e. The van der Waals surface area contributed by atoms with E-state index in [-0.39, 0.29) is 46.4 Å². The van der Waals surface area contributed by atoms with E-state index in [0.29, 0.717) is 20.6 Å². The average molecular weight is 939 g/mol. The Hall–Kier alpha value is -3.03. The number of hydrogen-bond acceptors (Lipinski definition) is 1.